The SMILES string of the molecule is O=C(OBr)C(CCCCCCCCC(c1ccccc1)c1ccccc1)c1ccccc1. The number of carbonyl (C=O) groups excluding carboxylic acids is 1. The third kappa shape index (κ3) is 7.63. The van der Waals surface area contributed by atoms with Crippen molar-refractivity contribution >= 4 is 22.2 Å². The van der Waals surface area contributed by atoms with E-state index in [1.807, 2.05) is 30.3 Å². The summed E-state index contributed by atoms with van der Waals surface area (Å²) in [7, 11) is 0. The molecule has 0 amide bonds. The van der Waals surface area contributed by atoms with Crippen LogP contribution >= 0.6 is 16.3 Å². The summed E-state index contributed by atoms with van der Waals surface area (Å²) >= 11 is 2.86. The van der Waals surface area contributed by atoms with Crippen molar-refractivity contribution in [2.75, 3.05) is 0 Å². The minimum Gasteiger partial charge on any atom is -0.383 e. The molecule has 3 aromatic rings. The van der Waals surface area contributed by atoms with E-state index >= 15 is 0 Å². The summed E-state index contributed by atoms with van der Waals surface area (Å²) in [4.78, 5) is 12.1. The van der Waals surface area contributed by atoms with Crippen molar-refractivity contribution in [1.82, 2.24) is 0 Å². The molecule has 0 saturated heterocycles. The van der Waals surface area contributed by atoms with E-state index in [0.29, 0.717) is 5.92 Å². The Balaban J connectivity index is 1.39. The van der Waals surface area contributed by atoms with Crippen LogP contribution in [0.25, 0.3) is 0 Å². The summed E-state index contributed by atoms with van der Waals surface area (Å²) in [5.41, 5.74) is 3.85. The van der Waals surface area contributed by atoms with Crippen molar-refractivity contribution in [3.63, 3.8) is 0 Å². The smallest absolute Gasteiger partial charge is 0.324 e. The Morgan fingerprint density at radius 2 is 1.00 bits per heavy atom. The predicted octanol–water partition coefficient (Wildman–Crippen LogP) is 8.58. The zero-order valence-corrected chi connectivity index (χ0v) is 20.3. The van der Waals surface area contributed by atoms with Crippen LogP contribution in [0.1, 0.15) is 79.9 Å². The Hall–Kier alpha value is -2.39. The van der Waals surface area contributed by atoms with Crippen LogP contribution in [0, 0.1) is 0 Å². The molecule has 1 atom stereocenters. The molecule has 0 aliphatic heterocycles. The molecule has 0 saturated carbocycles. The van der Waals surface area contributed by atoms with Gasteiger partial charge in [0.25, 0.3) is 0 Å². The molecule has 3 rings (SSSR count). The van der Waals surface area contributed by atoms with Gasteiger partial charge in [-0.05, 0) is 29.5 Å². The third-order valence-electron chi connectivity index (χ3n) is 6.20. The van der Waals surface area contributed by atoms with Crippen molar-refractivity contribution in [3.05, 3.63) is 108 Å². The van der Waals surface area contributed by atoms with Gasteiger partial charge in [0.15, 0.2) is 16.3 Å². The van der Waals surface area contributed by atoms with E-state index in [0.717, 1.165) is 24.8 Å². The van der Waals surface area contributed by atoms with Gasteiger partial charge in [-0.3, -0.25) is 4.79 Å². The first-order valence-electron chi connectivity index (χ1n) is 11.8. The van der Waals surface area contributed by atoms with Gasteiger partial charge in [-0.1, -0.05) is 130 Å². The monoisotopic (exact) mass is 492 g/mol. The van der Waals surface area contributed by atoms with Gasteiger partial charge in [-0.2, -0.15) is 0 Å². The fourth-order valence-corrected chi connectivity index (χ4v) is 4.69. The Kier molecular flexibility index (Phi) is 10.5. The minimum atomic E-state index is -0.205. The van der Waals surface area contributed by atoms with Gasteiger partial charge in [-0.25, -0.2) is 0 Å². The number of unbranched alkanes of at least 4 members (excludes halogenated alkanes) is 5. The van der Waals surface area contributed by atoms with Crippen LogP contribution in [-0.2, 0) is 8.62 Å². The lowest BCUT2D eigenvalue weighted by Gasteiger charge is -2.18. The highest BCUT2D eigenvalue weighted by Crippen LogP contribution is 2.30. The van der Waals surface area contributed by atoms with E-state index in [2.05, 4.69) is 76.9 Å². The fraction of sp³-hybridized carbons (Fsp3) is 0.345. The van der Waals surface area contributed by atoms with E-state index in [-0.39, 0.29) is 11.9 Å². The van der Waals surface area contributed by atoms with E-state index < -0.39 is 0 Å². The normalized spacial score (nSPS) is 11.9. The van der Waals surface area contributed by atoms with Crippen LogP contribution in [0.5, 0.6) is 0 Å². The quantitative estimate of drug-likeness (QED) is 0.223. The number of rotatable bonds is 13. The van der Waals surface area contributed by atoms with Crippen LogP contribution in [0.2, 0.25) is 0 Å². The molecular formula is C29H33BrO2. The maximum Gasteiger partial charge on any atom is 0.324 e. The maximum absolute atomic E-state index is 12.1. The lowest BCUT2D eigenvalue weighted by molar-refractivity contribution is -0.134. The molecule has 168 valence electrons. The lowest BCUT2D eigenvalue weighted by atomic mass is 9.86. The van der Waals surface area contributed by atoms with Gasteiger partial charge in [0.05, 0.1) is 5.92 Å². The average molecular weight is 493 g/mol. The van der Waals surface area contributed by atoms with Crippen LogP contribution in [0.3, 0.4) is 0 Å². The minimum absolute atomic E-state index is 0.187. The summed E-state index contributed by atoms with van der Waals surface area (Å²) in [5, 5.41) is 0. The summed E-state index contributed by atoms with van der Waals surface area (Å²) in [6.45, 7) is 0. The van der Waals surface area contributed by atoms with Gasteiger partial charge in [-0.15, -0.1) is 0 Å². The highest BCUT2D eigenvalue weighted by molar-refractivity contribution is 9.06. The number of halogens is 1. The van der Waals surface area contributed by atoms with Crippen molar-refractivity contribution in [2.45, 2.75) is 63.2 Å². The number of hydrogen-bond donors (Lipinski definition) is 0. The Bertz CT molecular complexity index is 857. The molecule has 0 N–H and O–H groups in total. The first kappa shape index (κ1) is 24.3. The summed E-state index contributed by atoms with van der Waals surface area (Å²) in [6, 6.07) is 31.7. The Morgan fingerprint density at radius 3 is 1.47 bits per heavy atom. The van der Waals surface area contributed by atoms with Crippen molar-refractivity contribution < 1.29 is 8.62 Å². The van der Waals surface area contributed by atoms with Gasteiger partial charge in [0.2, 0.25) is 0 Å². The summed E-state index contributed by atoms with van der Waals surface area (Å²) in [5.74, 6) is 0.0800. The largest absolute Gasteiger partial charge is 0.383 e. The van der Waals surface area contributed by atoms with E-state index in [1.165, 1.54) is 43.2 Å². The van der Waals surface area contributed by atoms with Crippen LogP contribution in [0.15, 0.2) is 91.0 Å². The maximum atomic E-state index is 12.1. The molecule has 3 heteroatoms. The molecule has 0 aliphatic carbocycles. The molecule has 0 aliphatic rings. The second kappa shape index (κ2) is 13.9. The van der Waals surface area contributed by atoms with Gasteiger partial charge < -0.3 is 3.83 Å². The van der Waals surface area contributed by atoms with Gasteiger partial charge >= 0.3 is 5.97 Å². The van der Waals surface area contributed by atoms with E-state index in [9.17, 15) is 4.79 Å². The highest BCUT2D eigenvalue weighted by Gasteiger charge is 2.21. The summed E-state index contributed by atoms with van der Waals surface area (Å²) < 4.78 is 4.85. The van der Waals surface area contributed by atoms with Crippen LogP contribution in [0.4, 0.5) is 0 Å². The molecule has 0 bridgehead atoms. The zero-order valence-electron chi connectivity index (χ0n) is 18.7. The molecule has 2 nitrogen and oxygen atoms in total. The molecule has 0 fully saturated rings. The molecule has 0 spiro atoms. The average Bonchev–Trinajstić information content (AvgIpc) is 2.86. The van der Waals surface area contributed by atoms with Crippen LogP contribution < -0.4 is 0 Å². The van der Waals surface area contributed by atoms with Gasteiger partial charge in [0.1, 0.15) is 0 Å². The fourth-order valence-electron chi connectivity index (χ4n) is 4.46. The first-order chi connectivity index (χ1) is 15.8. The van der Waals surface area contributed by atoms with Crippen LogP contribution in [-0.4, -0.2) is 5.97 Å². The number of benzene rings is 3. The second-order valence-electron chi connectivity index (χ2n) is 8.43. The van der Waals surface area contributed by atoms with E-state index in [1.54, 1.807) is 0 Å². The highest BCUT2D eigenvalue weighted by atomic mass is 79.9. The standard InChI is InChI=1S/C29H33BrO2/c30-32-29(31)28(26-20-12-7-13-21-26)23-15-4-2-1-3-14-22-27(24-16-8-5-9-17-24)25-18-10-6-11-19-25/h5-13,16-21,27-28H,1-4,14-15,22-23H2. The molecule has 0 aromatic heterocycles. The van der Waals surface area contributed by atoms with Crippen molar-refractivity contribution in [2.24, 2.45) is 0 Å². The molecule has 3 aromatic carbocycles. The van der Waals surface area contributed by atoms with Crippen molar-refractivity contribution in [1.29, 1.82) is 0 Å². The van der Waals surface area contributed by atoms with E-state index in [4.69, 9.17) is 3.83 Å². The van der Waals surface area contributed by atoms with Crippen molar-refractivity contribution in [3.8, 4) is 0 Å². The lowest BCUT2D eigenvalue weighted by Crippen LogP contribution is -2.12. The molecule has 1 unspecified atom stereocenters. The third-order valence-corrected chi connectivity index (χ3v) is 6.52. The predicted molar refractivity (Wildman–Crippen MR) is 136 cm³/mol. The second-order valence-corrected chi connectivity index (χ2v) is 8.76. The zero-order chi connectivity index (χ0) is 22.4. The first-order valence-corrected chi connectivity index (χ1v) is 12.4. The number of hydrogen-bond acceptors (Lipinski definition) is 2. The van der Waals surface area contributed by atoms with Gasteiger partial charge in [0, 0.05) is 5.92 Å². The Morgan fingerprint density at radius 1 is 0.594 bits per heavy atom. The molecule has 0 heterocycles. The molecular weight excluding hydrogens is 460 g/mol. The molecule has 32 heavy (non-hydrogen) atoms. The Labute approximate surface area is 201 Å². The summed E-state index contributed by atoms with van der Waals surface area (Å²) in [6.07, 6.45) is 9.15. The molecule has 0 radical (unpaired) electrons. The topological polar surface area (TPSA) is 26.3 Å². The number of carbonyl (C=O) groups is 1.